The molecule has 2 heterocycles. The third-order valence-corrected chi connectivity index (χ3v) is 4.94. The van der Waals surface area contributed by atoms with Gasteiger partial charge in [-0.05, 0) is 39.5 Å². The lowest BCUT2D eigenvalue weighted by Gasteiger charge is -2.33. The molecule has 0 N–H and O–H groups in total. The Balaban J connectivity index is 1.78. The first-order valence-corrected chi connectivity index (χ1v) is 8.86. The van der Waals surface area contributed by atoms with Gasteiger partial charge in [0.2, 0.25) is 0 Å². The van der Waals surface area contributed by atoms with Crippen molar-refractivity contribution in [3.63, 3.8) is 0 Å². The fourth-order valence-electron chi connectivity index (χ4n) is 2.49. The Bertz CT molecular complexity index is 557. The van der Waals surface area contributed by atoms with Crippen LogP contribution < -0.4 is 0 Å². The molecule has 23 heavy (non-hydrogen) atoms. The average Bonchev–Trinajstić information content (AvgIpc) is 2.84. The molecule has 0 bridgehead atoms. The molecule has 1 aliphatic heterocycles. The summed E-state index contributed by atoms with van der Waals surface area (Å²) in [4.78, 5) is 25.7. The normalized spacial score (nSPS) is 16.4. The first kappa shape index (κ1) is 17.8. The summed E-state index contributed by atoms with van der Waals surface area (Å²) in [6, 6.07) is 0. The summed E-state index contributed by atoms with van der Waals surface area (Å²) in [5.41, 5.74) is 0.0543. The van der Waals surface area contributed by atoms with E-state index >= 15 is 0 Å². The van der Waals surface area contributed by atoms with Gasteiger partial charge in [0, 0.05) is 32.1 Å². The number of rotatable bonds is 4. The number of aromatic nitrogens is 2. The fraction of sp³-hybridized carbons (Fsp3) is 0.688. The molecule has 128 valence electrons. The minimum absolute atomic E-state index is 0.223. The largest absolute Gasteiger partial charge is 0.444 e. The van der Waals surface area contributed by atoms with Gasteiger partial charge in [-0.2, -0.15) is 5.10 Å². The van der Waals surface area contributed by atoms with E-state index in [2.05, 4.69) is 5.10 Å². The van der Waals surface area contributed by atoms with Crippen molar-refractivity contribution >= 4 is 24.1 Å². The Kier molecular flexibility index (Phi) is 5.73. The monoisotopic (exact) mass is 339 g/mol. The molecular formula is C16H25N3O3S. The number of hydrogen-bond donors (Lipinski definition) is 0. The molecule has 0 unspecified atom stereocenters. The van der Waals surface area contributed by atoms with E-state index in [1.54, 1.807) is 21.3 Å². The highest BCUT2D eigenvalue weighted by atomic mass is 32.2. The molecule has 1 amide bonds. The second-order valence-corrected chi connectivity index (χ2v) is 7.95. The highest BCUT2D eigenvalue weighted by molar-refractivity contribution is 7.99. The topological polar surface area (TPSA) is 64.4 Å². The van der Waals surface area contributed by atoms with Gasteiger partial charge in [0.1, 0.15) is 11.3 Å². The number of amides is 1. The smallest absolute Gasteiger partial charge is 0.410 e. The zero-order valence-electron chi connectivity index (χ0n) is 14.2. The lowest BCUT2D eigenvalue weighted by Crippen LogP contribution is -2.42. The predicted molar refractivity (Wildman–Crippen MR) is 89.9 cm³/mol. The van der Waals surface area contributed by atoms with Gasteiger partial charge in [0.25, 0.3) is 0 Å². The molecule has 1 aromatic heterocycles. The van der Waals surface area contributed by atoms with E-state index in [1.165, 1.54) is 0 Å². The van der Waals surface area contributed by atoms with Crippen molar-refractivity contribution in [3.05, 3.63) is 11.9 Å². The molecule has 1 aromatic rings. The van der Waals surface area contributed by atoms with E-state index in [1.807, 2.05) is 34.0 Å². The van der Waals surface area contributed by atoms with Crippen molar-refractivity contribution in [2.45, 2.75) is 44.1 Å². The summed E-state index contributed by atoms with van der Waals surface area (Å²) >= 11 is 1.67. The molecule has 2 rings (SSSR count). The lowest BCUT2D eigenvalue weighted by atomic mass is 9.99. The third-order valence-electron chi connectivity index (χ3n) is 3.67. The molecule has 0 spiro atoms. The number of nitrogens with zero attached hydrogens (tertiary/aromatic N) is 3. The van der Waals surface area contributed by atoms with Crippen LogP contribution in [0, 0.1) is 5.92 Å². The SMILES string of the molecule is Cn1cc(SCC2CCN(C(=O)OC(C)(C)C)CC2)c(C=O)n1. The Labute approximate surface area is 141 Å². The Morgan fingerprint density at radius 1 is 1.43 bits per heavy atom. The Hall–Kier alpha value is -1.50. The lowest BCUT2D eigenvalue weighted by molar-refractivity contribution is 0.0191. The van der Waals surface area contributed by atoms with Crippen LogP contribution in [0.15, 0.2) is 11.1 Å². The number of likely N-dealkylation sites (tertiary alicyclic amines) is 1. The average molecular weight is 339 g/mol. The summed E-state index contributed by atoms with van der Waals surface area (Å²) in [7, 11) is 1.82. The first-order chi connectivity index (χ1) is 10.8. The number of thioether (sulfide) groups is 1. The number of aryl methyl sites for hydroxylation is 1. The minimum atomic E-state index is -0.449. The van der Waals surface area contributed by atoms with Gasteiger partial charge >= 0.3 is 6.09 Å². The van der Waals surface area contributed by atoms with Crippen molar-refractivity contribution in [2.24, 2.45) is 13.0 Å². The third kappa shape index (κ3) is 5.27. The van der Waals surface area contributed by atoms with Gasteiger partial charge in [0.15, 0.2) is 6.29 Å². The molecule has 1 saturated heterocycles. The predicted octanol–water partition coefficient (Wildman–Crippen LogP) is 2.97. The summed E-state index contributed by atoms with van der Waals surface area (Å²) in [6.45, 7) is 7.11. The number of piperidine rings is 1. The van der Waals surface area contributed by atoms with Crippen LogP contribution in [0.3, 0.4) is 0 Å². The van der Waals surface area contributed by atoms with Crippen LogP contribution in [0.25, 0.3) is 0 Å². The summed E-state index contributed by atoms with van der Waals surface area (Å²) in [5.74, 6) is 1.48. The van der Waals surface area contributed by atoms with Gasteiger partial charge in [0.05, 0.1) is 4.90 Å². The standard InChI is InChI=1S/C16H25N3O3S/c1-16(2,3)22-15(21)19-7-5-12(6-8-19)11-23-14-9-18(4)17-13(14)10-20/h9-10,12H,5-8,11H2,1-4H3. The first-order valence-electron chi connectivity index (χ1n) is 7.88. The van der Waals surface area contributed by atoms with Gasteiger partial charge in [-0.15, -0.1) is 11.8 Å². The fourth-order valence-corrected chi connectivity index (χ4v) is 3.71. The molecule has 7 heteroatoms. The summed E-state index contributed by atoms with van der Waals surface area (Å²) < 4.78 is 7.07. The van der Waals surface area contributed by atoms with Gasteiger partial charge in [-0.1, -0.05) is 0 Å². The number of ether oxygens (including phenoxy) is 1. The molecule has 1 fully saturated rings. The summed E-state index contributed by atoms with van der Waals surface area (Å²) in [6.07, 6.45) is 4.38. The molecular weight excluding hydrogens is 314 g/mol. The highest BCUT2D eigenvalue weighted by Gasteiger charge is 2.27. The van der Waals surface area contributed by atoms with Crippen molar-refractivity contribution in [3.8, 4) is 0 Å². The van der Waals surface area contributed by atoms with Crippen LogP contribution in [-0.4, -0.2) is 51.5 Å². The zero-order valence-corrected chi connectivity index (χ0v) is 15.1. The van der Waals surface area contributed by atoms with Gasteiger partial charge < -0.3 is 9.64 Å². The molecule has 6 nitrogen and oxygen atoms in total. The van der Waals surface area contributed by atoms with E-state index < -0.39 is 5.60 Å². The molecule has 0 saturated carbocycles. The quantitative estimate of drug-likeness (QED) is 0.623. The second kappa shape index (κ2) is 7.38. The van der Waals surface area contributed by atoms with Crippen molar-refractivity contribution in [1.82, 2.24) is 14.7 Å². The Morgan fingerprint density at radius 2 is 2.09 bits per heavy atom. The van der Waals surface area contributed by atoms with Crippen LogP contribution >= 0.6 is 11.8 Å². The van der Waals surface area contributed by atoms with E-state index in [9.17, 15) is 9.59 Å². The molecule has 0 radical (unpaired) electrons. The van der Waals surface area contributed by atoms with Crippen molar-refractivity contribution < 1.29 is 14.3 Å². The summed E-state index contributed by atoms with van der Waals surface area (Å²) in [5, 5.41) is 4.12. The second-order valence-electron chi connectivity index (χ2n) is 6.89. The molecule has 1 aliphatic rings. The minimum Gasteiger partial charge on any atom is -0.444 e. The molecule has 0 aliphatic carbocycles. The van der Waals surface area contributed by atoms with E-state index in [0.717, 1.165) is 42.9 Å². The molecule has 0 atom stereocenters. The maximum absolute atomic E-state index is 12.0. The molecule has 0 aromatic carbocycles. The van der Waals surface area contributed by atoms with E-state index in [0.29, 0.717) is 11.6 Å². The van der Waals surface area contributed by atoms with Gasteiger partial charge in [-0.3, -0.25) is 9.48 Å². The van der Waals surface area contributed by atoms with Crippen LogP contribution in [0.1, 0.15) is 44.1 Å². The van der Waals surface area contributed by atoms with E-state index in [-0.39, 0.29) is 6.09 Å². The number of carbonyl (C=O) groups excluding carboxylic acids is 2. The van der Waals surface area contributed by atoms with Gasteiger partial charge in [-0.25, -0.2) is 4.79 Å². The zero-order chi connectivity index (χ0) is 17.0. The van der Waals surface area contributed by atoms with E-state index in [4.69, 9.17) is 4.74 Å². The van der Waals surface area contributed by atoms with Crippen molar-refractivity contribution in [1.29, 1.82) is 0 Å². The van der Waals surface area contributed by atoms with Crippen LogP contribution in [-0.2, 0) is 11.8 Å². The number of aldehydes is 1. The number of hydrogen-bond acceptors (Lipinski definition) is 5. The highest BCUT2D eigenvalue weighted by Crippen LogP contribution is 2.28. The van der Waals surface area contributed by atoms with Crippen LogP contribution in [0.5, 0.6) is 0 Å². The van der Waals surface area contributed by atoms with Crippen molar-refractivity contribution in [2.75, 3.05) is 18.8 Å². The van der Waals surface area contributed by atoms with Crippen LogP contribution in [0.2, 0.25) is 0 Å². The maximum atomic E-state index is 12.0. The maximum Gasteiger partial charge on any atom is 0.410 e. The number of carbonyl (C=O) groups is 2. The van der Waals surface area contributed by atoms with Crippen LogP contribution in [0.4, 0.5) is 4.79 Å². The Morgan fingerprint density at radius 3 is 2.65 bits per heavy atom.